The zero-order chi connectivity index (χ0) is 16.0. The highest BCUT2D eigenvalue weighted by Gasteiger charge is 2.33. The van der Waals surface area contributed by atoms with Crippen molar-refractivity contribution in [3.63, 3.8) is 0 Å². The lowest BCUT2D eigenvalue weighted by molar-refractivity contribution is -0.144. The van der Waals surface area contributed by atoms with Crippen LogP contribution < -0.4 is 5.32 Å². The summed E-state index contributed by atoms with van der Waals surface area (Å²) in [4.78, 5) is 25.8. The molecule has 0 saturated heterocycles. The summed E-state index contributed by atoms with van der Waals surface area (Å²) >= 11 is 0. The minimum atomic E-state index is -0.915. The molecule has 0 spiro atoms. The van der Waals surface area contributed by atoms with Gasteiger partial charge >= 0.3 is 0 Å². The van der Waals surface area contributed by atoms with Gasteiger partial charge in [-0.15, -0.1) is 0 Å². The van der Waals surface area contributed by atoms with Gasteiger partial charge in [0.2, 0.25) is 11.8 Å². The maximum absolute atomic E-state index is 12.2. The summed E-state index contributed by atoms with van der Waals surface area (Å²) in [6, 6.07) is 0. The number of hydrogen-bond donors (Lipinski definition) is 1. The molecular formula is C16H30N2O3. The monoisotopic (exact) mass is 298 g/mol. The highest BCUT2D eigenvalue weighted by atomic mass is 16.5. The molecule has 0 aromatic rings. The molecule has 21 heavy (non-hydrogen) atoms. The average molecular weight is 298 g/mol. The zero-order valence-corrected chi connectivity index (χ0v) is 14.1. The van der Waals surface area contributed by atoms with E-state index in [1.54, 1.807) is 34.9 Å². The first-order valence-electron chi connectivity index (χ1n) is 7.93. The van der Waals surface area contributed by atoms with E-state index in [9.17, 15) is 9.59 Å². The van der Waals surface area contributed by atoms with E-state index in [-0.39, 0.29) is 17.9 Å². The van der Waals surface area contributed by atoms with Gasteiger partial charge < -0.3 is 15.0 Å². The minimum absolute atomic E-state index is 0.127. The fourth-order valence-electron chi connectivity index (χ4n) is 2.75. The number of amides is 2. The largest absolute Gasteiger partial charge is 0.365 e. The Hall–Kier alpha value is -1.10. The molecule has 122 valence electrons. The van der Waals surface area contributed by atoms with Crippen molar-refractivity contribution in [1.82, 2.24) is 10.2 Å². The Morgan fingerprint density at radius 3 is 2.14 bits per heavy atom. The third-order valence-corrected chi connectivity index (χ3v) is 3.94. The summed E-state index contributed by atoms with van der Waals surface area (Å²) < 4.78 is 5.88. The zero-order valence-electron chi connectivity index (χ0n) is 14.1. The Morgan fingerprint density at radius 2 is 1.67 bits per heavy atom. The predicted octanol–water partition coefficient (Wildman–Crippen LogP) is 2.10. The smallest absolute Gasteiger partial charge is 0.249 e. The summed E-state index contributed by atoms with van der Waals surface area (Å²) in [7, 11) is 3.36. The van der Waals surface area contributed by atoms with E-state index in [1.165, 1.54) is 30.6 Å². The molecule has 1 N–H and O–H groups in total. The van der Waals surface area contributed by atoms with Crippen LogP contribution in [0.15, 0.2) is 0 Å². The summed E-state index contributed by atoms with van der Waals surface area (Å²) in [5.74, 6) is -0.350. The number of likely N-dealkylation sites (N-methyl/N-ethyl adjacent to an activating group) is 1. The highest BCUT2D eigenvalue weighted by molar-refractivity contribution is 5.91. The normalized spacial score (nSPS) is 18.7. The van der Waals surface area contributed by atoms with Crippen LogP contribution >= 0.6 is 0 Å². The molecule has 0 bridgehead atoms. The van der Waals surface area contributed by atoms with Crippen LogP contribution in [-0.2, 0) is 14.3 Å². The van der Waals surface area contributed by atoms with Crippen molar-refractivity contribution in [2.75, 3.05) is 14.1 Å². The van der Waals surface area contributed by atoms with Gasteiger partial charge in [0.05, 0.1) is 6.10 Å². The van der Waals surface area contributed by atoms with Crippen LogP contribution in [0.3, 0.4) is 0 Å². The van der Waals surface area contributed by atoms with E-state index in [2.05, 4.69) is 5.32 Å². The van der Waals surface area contributed by atoms with Crippen LogP contribution in [0.1, 0.15) is 59.3 Å². The van der Waals surface area contributed by atoms with Crippen molar-refractivity contribution in [2.24, 2.45) is 0 Å². The topological polar surface area (TPSA) is 58.6 Å². The molecule has 1 aliphatic rings. The lowest BCUT2D eigenvalue weighted by atomic mass is 10.0. The third-order valence-electron chi connectivity index (χ3n) is 3.94. The molecule has 0 aliphatic heterocycles. The molecule has 1 unspecified atom stereocenters. The molecule has 5 heteroatoms. The van der Waals surface area contributed by atoms with E-state index < -0.39 is 11.6 Å². The number of ether oxygens (including phenoxy) is 1. The number of nitrogens with zero attached hydrogens (tertiary/aromatic N) is 1. The Balaban J connectivity index is 2.51. The Morgan fingerprint density at radius 1 is 1.14 bits per heavy atom. The maximum atomic E-state index is 12.2. The van der Waals surface area contributed by atoms with Gasteiger partial charge in [0, 0.05) is 14.1 Å². The van der Waals surface area contributed by atoms with E-state index in [0.717, 1.165) is 12.8 Å². The van der Waals surface area contributed by atoms with E-state index in [4.69, 9.17) is 4.74 Å². The second kappa shape index (κ2) is 7.78. The van der Waals surface area contributed by atoms with Crippen LogP contribution in [0.5, 0.6) is 0 Å². The molecule has 1 rings (SSSR count). The second-order valence-corrected chi connectivity index (χ2v) is 6.71. The molecule has 2 amide bonds. The molecule has 0 heterocycles. The summed E-state index contributed by atoms with van der Waals surface area (Å²) in [6.07, 6.45) is 6.54. The first kappa shape index (κ1) is 18.0. The van der Waals surface area contributed by atoms with E-state index >= 15 is 0 Å². The molecule has 0 aromatic carbocycles. The number of nitrogens with one attached hydrogen (secondary N) is 1. The standard InChI is InChI=1S/C16H30N2O3/c1-12(21-13-10-8-6-7-9-11-13)14(19)17-16(2,3)15(20)18(4)5/h12-13H,6-11H2,1-5H3,(H,17,19). The molecule has 0 aromatic heterocycles. The fraction of sp³-hybridized carbons (Fsp3) is 0.875. The summed E-state index contributed by atoms with van der Waals surface area (Å²) in [5.41, 5.74) is -0.915. The lowest BCUT2D eigenvalue weighted by Crippen LogP contribution is -2.56. The Labute approximate surface area is 128 Å². The van der Waals surface area contributed by atoms with Crippen molar-refractivity contribution >= 4 is 11.8 Å². The van der Waals surface area contributed by atoms with Gasteiger partial charge in [-0.25, -0.2) is 0 Å². The van der Waals surface area contributed by atoms with Gasteiger partial charge in [-0.2, -0.15) is 0 Å². The highest BCUT2D eigenvalue weighted by Crippen LogP contribution is 2.21. The van der Waals surface area contributed by atoms with Crippen LogP contribution in [0.25, 0.3) is 0 Å². The predicted molar refractivity (Wildman–Crippen MR) is 83.0 cm³/mol. The van der Waals surface area contributed by atoms with Gasteiger partial charge in [-0.1, -0.05) is 25.7 Å². The third kappa shape index (κ3) is 5.65. The lowest BCUT2D eigenvalue weighted by Gasteiger charge is -2.30. The van der Waals surface area contributed by atoms with Crippen LogP contribution in [0.4, 0.5) is 0 Å². The quantitative estimate of drug-likeness (QED) is 0.791. The molecule has 0 radical (unpaired) electrons. The minimum Gasteiger partial charge on any atom is -0.365 e. The van der Waals surface area contributed by atoms with Crippen molar-refractivity contribution in [2.45, 2.75) is 77.0 Å². The number of hydrogen-bond acceptors (Lipinski definition) is 3. The number of carbonyl (C=O) groups is 2. The molecular weight excluding hydrogens is 268 g/mol. The first-order chi connectivity index (χ1) is 9.74. The van der Waals surface area contributed by atoms with Crippen LogP contribution in [0, 0.1) is 0 Å². The summed E-state index contributed by atoms with van der Waals surface area (Å²) in [6.45, 7) is 5.19. The van der Waals surface area contributed by atoms with Crippen molar-refractivity contribution < 1.29 is 14.3 Å². The van der Waals surface area contributed by atoms with Crippen molar-refractivity contribution in [3.05, 3.63) is 0 Å². The number of rotatable bonds is 5. The van der Waals surface area contributed by atoms with Crippen molar-refractivity contribution in [3.8, 4) is 0 Å². The Bertz CT molecular complexity index is 359. The van der Waals surface area contributed by atoms with Gasteiger partial charge in [0.15, 0.2) is 0 Å². The molecule has 1 aliphatic carbocycles. The van der Waals surface area contributed by atoms with Gasteiger partial charge in [0.25, 0.3) is 0 Å². The average Bonchev–Trinajstić information content (AvgIpc) is 2.65. The SMILES string of the molecule is CC(OC1CCCCCC1)C(=O)NC(C)(C)C(=O)N(C)C. The maximum Gasteiger partial charge on any atom is 0.249 e. The van der Waals surface area contributed by atoms with E-state index in [1.807, 2.05) is 0 Å². The first-order valence-corrected chi connectivity index (χ1v) is 7.93. The van der Waals surface area contributed by atoms with Crippen molar-refractivity contribution in [1.29, 1.82) is 0 Å². The molecule has 1 saturated carbocycles. The van der Waals surface area contributed by atoms with Gasteiger partial charge in [-0.05, 0) is 33.6 Å². The molecule has 5 nitrogen and oxygen atoms in total. The summed E-state index contributed by atoms with van der Waals surface area (Å²) in [5, 5.41) is 2.79. The fourth-order valence-corrected chi connectivity index (χ4v) is 2.75. The van der Waals surface area contributed by atoms with Gasteiger partial charge in [-0.3, -0.25) is 9.59 Å². The number of carbonyl (C=O) groups excluding carboxylic acids is 2. The van der Waals surface area contributed by atoms with Crippen LogP contribution in [-0.4, -0.2) is 48.6 Å². The second-order valence-electron chi connectivity index (χ2n) is 6.71. The van der Waals surface area contributed by atoms with Gasteiger partial charge in [0.1, 0.15) is 11.6 Å². The van der Waals surface area contributed by atoms with Crippen LogP contribution in [0.2, 0.25) is 0 Å². The van der Waals surface area contributed by atoms with E-state index in [0.29, 0.717) is 0 Å². The molecule has 1 fully saturated rings. The molecule has 1 atom stereocenters. The Kier molecular flexibility index (Phi) is 6.65.